The smallest absolute Gasteiger partial charge is 0.226 e. The molecule has 0 saturated heterocycles. The zero-order valence-electron chi connectivity index (χ0n) is 11.4. The number of nitrogens with one attached hydrogen (secondary N) is 1. The van der Waals surface area contributed by atoms with Gasteiger partial charge in [0.25, 0.3) is 0 Å². The molecule has 21 heavy (non-hydrogen) atoms. The van der Waals surface area contributed by atoms with E-state index < -0.39 is 0 Å². The second kappa shape index (κ2) is 6.58. The quantitative estimate of drug-likeness (QED) is 0.849. The van der Waals surface area contributed by atoms with Crippen LogP contribution < -0.4 is 5.32 Å². The van der Waals surface area contributed by atoms with Crippen molar-refractivity contribution in [2.75, 3.05) is 11.1 Å². The van der Waals surface area contributed by atoms with Gasteiger partial charge < -0.3 is 5.32 Å². The Morgan fingerprint density at radius 2 is 2.14 bits per heavy atom. The molecule has 2 aromatic rings. The standard InChI is InChI=1S/C15H15FN2OS2/c16-10-4-6-11(7-5-10)20-9-8-14(19)18-15-17-12-2-1-3-13(12)21-15/h4-7H,1-3,8-9H2,(H,17,18,19). The summed E-state index contributed by atoms with van der Waals surface area (Å²) in [4.78, 5) is 18.6. The predicted octanol–water partition coefficient (Wildman–Crippen LogP) is 3.89. The number of fused-ring (bicyclic) bond motifs is 1. The fourth-order valence-corrected chi connectivity index (χ4v) is 4.14. The Labute approximate surface area is 131 Å². The van der Waals surface area contributed by atoms with Crippen LogP contribution in [0.3, 0.4) is 0 Å². The minimum atomic E-state index is -0.242. The normalized spacial score (nSPS) is 13.2. The van der Waals surface area contributed by atoms with E-state index in [0.717, 1.165) is 28.6 Å². The van der Waals surface area contributed by atoms with Crippen molar-refractivity contribution in [3.05, 3.63) is 40.7 Å². The lowest BCUT2D eigenvalue weighted by molar-refractivity contribution is -0.115. The van der Waals surface area contributed by atoms with E-state index in [1.54, 1.807) is 35.2 Å². The highest BCUT2D eigenvalue weighted by molar-refractivity contribution is 7.99. The van der Waals surface area contributed by atoms with Gasteiger partial charge in [-0.1, -0.05) is 0 Å². The van der Waals surface area contributed by atoms with Gasteiger partial charge in [-0.05, 0) is 43.5 Å². The summed E-state index contributed by atoms with van der Waals surface area (Å²) >= 11 is 3.14. The molecule has 1 aromatic carbocycles. The number of anilines is 1. The minimum Gasteiger partial charge on any atom is -0.302 e. The Kier molecular flexibility index (Phi) is 4.55. The van der Waals surface area contributed by atoms with E-state index in [4.69, 9.17) is 0 Å². The van der Waals surface area contributed by atoms with Gasteiger partial charge in [-0.2, -0.15) is 0 Å². The van der Waals surface area contributed by atoms with Crippen LogP contribution in [-0.4, -0.2) is 16.6 Å². The zero-order valence-corrected chi connectivity index (χ0v) is 13.0. The molecule has 0 unspecified atom stereocenters. The summed E-state index contributed by atoms with van der Waals surface area (Å²) in [6.45, 7) is 0. The Hall–Kier alpha value is -1.40. The van der Waals surface area contributed by atoms with Crippen LogP contribution in [0.2, 0.25) is 0 Å². The molecule has 0 saturated carbocycles. The molecule has 0 fully saturated rings. The number of aryl methyl sites for hydroxylation is 2. The summed E-state index contributed by atoms with van der Waals surface area (Å²) in [6, 6.07) is 6.31. The number of amides is 1. The maximum Gasteiger partial charge on any atom is 0.226 e. The fourth-order valence-electron chi connectivity index (χ4n) is 2.22. The van der Waals surface area contributed by atoms with Crippen LogP contribution in [0.15, 0.2) is 29.2 Å². The van der Waals surface area contributed by atoms with Crippen molar-refractivity contribution in [3.8, 4) is 0 Å². The lowest BCUT2D eigenvalue weighted by Crippen LogP contribution is -2.12. The molecule has 0 bridgehead atoms. The Morgan fingerprint density at radius 1 is 1.33 bits per heavy atom. The van der Waals surface area contributed by atoms with Crippen molar-refractivity contribution >= 4 is 34.1 Å². The summed E-state index contributed by atoms with van der Waals surface area (Å²) < 4.78 is 12.8. The molecule has 110 valence electrons. The van der Waals surface area contributed by atoms with Crippen molar-refractivity contribution in [3.63, 3.8) is 0 Å². The number of aromatic nitrogens is 1. The van der Waals surface area contributed by atoms with Gasteiger partial charge in [0.1, 0.15) is 5.82 Å². The summed E-state index contributed by atoms with van der Waals surface area (Å²) in [7, 11) is 0. The highest BCUT2D eigenvalue weighted by Gasteiger charge is 2.17. The SMILES string of the molecule is O=C(CCSc1ccc(F)cc1)Nc1nc2c(s1)CCC2. The van der Waals surface area contributed by atoms with Gasteiger partial charge in [0.2, 0.25) is 5.91 Å². The van der Waals surface area contributed by atoms with Crippen LogP contribution in [0.1, 0.15) is 23.4 Å². The molecule has 0 spiro atoms. The highest BCUT2D eigenvalue weighted by Crippen LogP contribution is 2.30. The largest absolute Gasteiger partial charge is 0.302 e. The third-order valence-electron chi connectivity index (χ3n) is 3.25. The summed E-state index contributed by atoms with van der Waals surface area (Å²) in [5, 5.41) is 3.58. The maximum absolute atomic E-state index is 12.8. The highest BCUT2D eigenvalue weighted by atomic mass is 32.2. The van der Waals surface area contributed by atoms with E-state index in [9.17, 15) is 9.18 Å². The molecule has 1 amide bonds. The van der Waals surface area contributed by atoms with Gasteiger partial charge in [-0.15, -0.1) is 23.1 Å². The van der Waals surface area contributed by atoms with E-state index in [1.807, 2.05) is 0 Å². The number of nitrogens with zero attached hydrogens (tertiary/aromatic N) is 1. The first-order chi connectivity index (χ1) is 10.2. The van der Waals surface area contributed by atoms with Gasteiger partial charge in [0.15, 0.2) is 5.13 Å². The first kappa shape index (κ1) is 14.5. The number of carbonyl (C=O) groups excluding carboxylic acids is 1. The van der Waals surface area contributed by atoms with Crippen LogP contribution >= 0.6 is 23.1 Å². The van der Waals surface area contributed by atoms with Crippen molar-refractivity contribution in [2.24, 2.45) is 0 Å². The molecular formula is C15H15FN2OS2. The van der Waals surface area contributed by atoms with Gasteiger partial charge in [0.05, 0.1) is 5.69 Å². The molecule has 1 N–H and O–H groups in total. The summed E-state index contributed by atoms with van der Waals surface area (Å²) in [5.74, 6) is 0.411. The minimum absolute atomic E-state index is 0.0166. The van der Waals surface area contributed by atoms with Gasteiger partial charge >= 0.3 is 0 Å². The van der Waals surface area contributed by atoms with Crippen molar-refractivity contribution in [1.82, 2.24) is 4.98 Å². The van der Waals surface area contributed by atoms with Crippen LogP contribution in [-0.2, 0) is 17.6 Å². The predicted molar refractivity (Wildman–Crippen MR) is 84.5 cm³/mol. The lowest BCUT2D eigenvalue weighted by atomic mass is 10.4. The van der Waals surface area contributed by atoms with Gasteiger partial charge in [-0.25, -0.2) is 9.37 Å². The first-order valence-electron chi connectivity index (χ1n) is 6.87. The summed E-state index contributed by atoms with van der Waals surface area (Å²) in [6.07, 6.45) is 3.72. The monoisotopic (exact) mass is 322 g/mol. The molecule has 1 aliphatic rings. The number of hydrogen-bond donors (Lipinski definition) is 1. The number of thiazole rings is 1. The number of thioether (sulfide) groups is 1. The third kappa shape index (κ3) is 3.83. The van der Waals surface area contributed by atoms with E-state index in [1.165, 1.54) is 23.4 Å². The number of benzene rings is 1. The topological polar surface area (TPSA) is 42.0 Å². The maximum atomic E-state index is 12.8. The van der Waals surface area contributed by atoms with Gasteiger partial charge in [0, 0.05) is 21.9 Å². The number of hydrogen-bond acceptors (Lipinski definition) is 4. The Balaban J connectivity index is 1.44. The second-order valence-corrected chi connectivity index (χ2v) is 7.09. The van der Waals surface area contributed by atoms with Crippen molar-refractivity contribution in [1.29, 1.82) is 0 Å². The zero-order chi connectivity index (χ0) is 14.7. The van der Waals surface area contributed by atoms with E-state index in [0.29, 0.717) is 12.2 Å². The van der Waals surface area contributed by atoms with Crippen molar-refractivity contribution < 1.29 is 9.18 Å². The van der Waals surface area contributed by atoms with Crippen molar-refractivity contribution in [2.45, 2.75) is 30.6 Å². The number of carbonyl (C=O) groups is 1. The van der Waals surface area contributed by atoms with Crippen LogP contribution in [0.4, 0.5) is 9.52 Å². The van der Waals surface area contributed by atoms with E-state index >= 15 is 0 Å². The Bertz CT molecular complexity index is 618. The van der Waals surface area contributed by atoms with E-state index in [-0.39, 0.29) is 11.7 Å². The number of rotatable bonds is 5. The molecule has 1 aromatic heterocycles. The molecule has 0 radical (unpaired) electrons. The first-order valence-corrected chi connectivity index (χ1v) is 8.68. The molecular weight excluding hydrogens is 307 g/mol. The molecule has 3 nitrogen and oxygen atoms in total. The molecule has 1 aliphatic carbocycles. The van der Waals surface area contributed by atoms with Crippen LogP contribution in [0, 0.1) is 5.82 Å². The molecule has 0 aliphatic heterocycles. The lowest BCUT2D eigenvalue weighted by Gasteiger charge is -2.02. The molecule has 1 heterocycles. The van der Waals surface area contributed by atoms with Gasteiger partial charge in [-0.3, -0.25) is 4.79 Å². The Morgan fingerprint density at radius 3 is 2.90 bits per heavy atom. The van der Waals surface area contributed by atoms with Crippen LogP contribution in [0.25, 0.3) is 0 Å². The second-order valence-electron chi connectivity index (χ2n) is 4.84. The van der Waals surface area contributed by atoms with E-state index in [2.05, 4.69) is 10.3 Å². The average molecular weight is 322 g/mol. The number of halogens is 1. The third-order valence-corrected chi connectivity index (χ3v) is 5.34. The molecule has 6 heteroatoms. The van der Waals surface area contributed by atoms with Crippen LogP contribution in [0.5, 0.6) is 0 Å². The summed E-state index contributed by atoms with van der Waals surface area (Å²) in [5.41, 5.74) is 1.15. The molecule has 3 rings (SSSR count). The fraction of sp³-hybridized carbons (Fsp3) is 0.333. The molecule has 0 atom stereocenters. The average Bonchev–Trinajstić information content (AvgIpc) is 3.02.